The summed E-state index contributed by atoms with van der Waals surface area (Å²) in [5.41, 5.74) is 1.39. The Hall–Kier alpha value is -2.68. The predicted molar refractivity (Wildman–Crippen MR) is 122 cm³/mol. The van der Waals surface area contributed by atoms with Crippen LogP contribution >= 0.6 is 11.6 Å². The minimum absolute atomic E-state index is 0.0978. The summed E-state index contributed by atoms with van der Waals surface area (Å²) in [5.74, 6) is -0.579. The highest BCUT2D eigenvalue weighted by Gasteiger charge is 2.20. The Balaban J connectivity index is 1.88. The molecule has 2 aromatic rings. The molecule has 0 saturated carbocycles. The van der Waals surface area contributed by atoms with Crippen molar-refractivity contribution >= 4 is 33.4 Å². The van der Waals surface area contributed by atoms with E-state index >= 15 is 0 Å². The second-order valence-electron chi connectivity index (χ2n) is 6.84. The van der Waals surface area contributed by atoms with Crippen molar-refractivity contribution in [3.8, 4) is 0 Å². The lowest BCUT2D eigenvalue weighted by molar-refractivity contribution is -0.116. The molecule has 2 rings (SSSR count). The number of carbonyl (C=O) groups excluding carboxylic acids is 2. The van der Waals surface area contributed by atoms with Gasteiger partial charge in [-0.1, -0.05) is 30.3 Å². The number of halogens is 1. The highest BCUT2D eigenvalue weighted by molar-refractivity contribution is 7.89. The van der Waals surface area contributed by atoms with Gasteiger partial charge in [0.25, 0.3) is 5.91 Å². The van der Waals surface area contributed by atoms with Crippen LogP contribution < -0.4 is 10.6 Å². The molecule has 0 unspecified atom stereocenters. The first-order chi connectivity index (χ1) is 14.7. The van der Waals surface area contributed by atoms with Crippen molar-refractivity contribution in [1.29, 1.82) is 0 Å². The number of amides is 2. The molecule has 2 amide bonds. The maximum Gasteiger partial charge on any atom is 0.251 e. The first kappa shape index (κ1) is 24.6. The zero-order chi connectivity index (χ0) is 22.9. The van der Waals surface area contributed by atoms with Crippen molar-refractivity contribution in [3.05, 3.63) is 77.3 Å². The lowest BCUT2D eigenvalue weighted by atomic mass is 10.1. The van der Waals surface area contributed by atoms with E-state index in [-0.39, 0.29) is 23.3 Å². The predicted octanol–water partition coefficient (Wildman–Crippen LogP) is 2.63. The third-order valence-corrected chi connectivity index (χ3v) is 6.65. The highest BCUT2D eigenvalue weighted by atomic mass is 35.5. The quantitative estimate of drug-likeness (QED) is 0.395. The average Bonchev–Trinajstić information content (AvgIpc) is 2.76. The lowest BCUT2D eigenvalue weighted by Gasteiger charge is -2.17. The molecule has 0 aliphatic carbocycles. The molecule has 2 N–H and O–H groups in total. The van der Waals surface area contributed by atoms with E-state index in [1.807, 2.05) is 18.2 Å². The number of sulfonamides is 1. The minimum atomic E-state index is -3.69. The van der Waals surface area contributed by atoms with Gasteiger partial charge in [0.2, 0.25) is 15.9 Å². The smallest absolute Gasteiger partial charge is 0.251 e. The van der Waals surface area contributed by atoms with Crippen LogP contribution in [0.1, 0.15) is 22.3 Å². The molecule has 2 aromatic carbocycles. The number of rotatable bonds is 11. The lowest BCUT2D eigenvalue weighted by Crippen LogP contribution is -2.31. The van der Waals surface area contributed by atoms with Gasteiger partial charge in [0.05, 0.1) is 4.90 Å². The van der Waals surface area contributed by atoms with Crippen LogP contribution in [0.15, 0.2) is 66.1 Å². The number of carbonyl (C=O) groups is 2. The standard InChI is InChI=1S/C22H26ClN3O4S/c1-3-21(27)24-13-5-15-26(2)31(29,30)20-10-8-18(9-11-20)22(28)25-14-12-17-6-4-7-19(23)16-17/h3-4,6-11,16H,1,5,12-15H2,2H3,(H,24,27)(H,25,28). The van der Waals surface area contributed by atoms with Crippen molar-refractivity contribution in [2.45, 2.75) is 17.7 Å². The molecule has 0 saturated heterocycles. The summed E-state index contributed by atoms with van der Waals surface area (Å²) in [4.78, 5) is 23.5. The van der Waals surface area contributed by atoms with Gasteiger partial charge in [-0.15, -0.1) is 0 Å². The largest absolute Gasteiger partial charge is 0.353 e. The Morgan fingerprint density at radius 3 is 2.45 bits per heavy atom. The molecular weight excluding hydrogens is 438 g/mol. The van der Waals surface area contributed by atoms with Gasteiger partial charge in [-0.05, 0) is 60.9 Å². The molecule has 0 aromatic heterocycles. The van der Waals surface area contributed by atoms with Gasteiger partial charge in [-0.2, -0.15) is 0 Å². The van der Waals surface area contributed by atoms with Crippen LogP contribution in [-0.2, 0) is 21.2 Å². The van der Waals surface area contributed by atoms with Crippen LogP contribution in [0, 0.1) is 0 Å². The molecule has 0 heterocycles. The fourth-order valence-corrected chi connectivity index (χ4v) is 4.20. The van der Waals surface area contributed by atoms with Gasteiger partial charge in [0.15, 0.2) is 0 Å². The normalized spacial score (nSPS) is 11.2. The van der Waals surface area contributed by atoms with Gasteiger partial charge in [0.1, 0.15) is 0 Å². The SMILES string of the molecule is C=CC(=O)NCCCN(C)S(=O)(=O)c1ccc(C(=O)NCCc2cccc(Cl)c2)cc1. The van der Waals surface area contributed by atoms with E-state index in [4.69, 9.17) is 11.6 Å². The molecule has 0 bridgehead atoms. The topological polar surface area (TPSA) is 95.6 Å². The number of benzene rings is 2. The van der Waals surface area contributed by atoms with Gasteiger partial charge in [-0.25, -0.2) is 12.7 Å². The number of hydrogen-bond acceptors (Lipinski definition) is 4. The van der Waals surface area contributed by atoms with Crippen LogP contribution in [0.5, 0.6) is 0 Å². The Morgan fingerprint density at radius 2 is 1.81 bits per heavy atom. The van der Waals surface area contributed by atoms with E-state index in [0.29, 0.717) is 36.5 Å². The Kier molecular flexibility index (Phi) is 9.23. The summed E-state index contributed by atoms with van der Waals surface area (Å²) >= 11 is 5.95. The van der Waals surface area contributed by atoms with Gasteiger partial charge < -0.3 is 10.6 Å². The summed E-state index contributed by atoms with van der Waals surface area (Å²) in [5, 5.41) is 6.06. The second-order valence-corrected chi connectivity index (χ2v) is 9.32. The third kappa shape index (κ3) is 7.50. The van der Waals surface area contributed by atoms with E-state index in [1.54, 1.807) is 6.07 Å². The van der Waals surface area contributed by atoms with Crippen LogP contribution in [0.25, 0.3) is 0 Å². The second kappa shape index (κ2) is 11.6. The average molecular weight is 464 g/mol. The summed E-state index contributed by atoms with van der Waals surface area (Å²) in [6, 6.07) is 13.2. The first-order valence-corrected chi connectivity index (χ1v) is 11.5. The fraction of sp³-hybridized carbons (Fsp3) is 0.273. The molecule has 31 heavy (non-hydrogen) atoms. The van der Waals surface area contributed by atoms with Crippen molar-refractivity contribution in [1.82, 2.24) is 14.9 Å². The van der Waals surface area contributed by atoms with Crippen LogP contribution in [0.4, 0.5) is 0 Å². The Morgan fingerprint density at radius 1 is 1.10 bits per heavy atom. The summed E-state index contributed by atoms with van der Waals surface area (Å²) in [6.45, 7) is 4.38. The van der Waals surface area contributed by atoms with E-state index in [0.717, 1.165) is 11.6 Å². The summed E-state index contributed by atoms with van der Waals surface area (Å²) in [6.07, 6.45) is 2.26. The van der Waals surface area contributed by atoms with Gasteiger partial charge >= 0.3 is 0 Å². The number of hydrogen-bond donors (Lipinski definition) is 2. The van der Waals surface area contributed by atoms with E-state index in [2.05, 4.69) is 17.2 Å². The maximum atomic E-state index is 12.7. The molecule has 0 aliphatic rings. The Bertz CT molecular complexity index is 1020. The van der Waals surface area contributed by atoms with Gasteiger partial charge in [0, 0.05) is 37.3 Å². The monoisotopic (exact) mass is 463 g/mol. The molecule has 0 spiro atoms. The van der Waals surface area contributed by atoms with Crippen LogP contribution in [-0.4, -0.2) is 51.2 Å². The van der Waals surface area contributed by atoms with E-state index < -0.39 is 10.0 Å². The Labute approximate surface area is 188 Å². The molecule has 0 fully saturated rings. The van der Waals surface area contributed by atoms with Crippen molar-refractivity contribution < 1.29 is 18.0 Å². The summed E-state index contributed by atoms with van der Waals surface area (Å²) < 4.78 is 26.5. The number of nitrogens with zero attached hydrogens (tertiary/aromatic N) is 1. The van der Waals surface area contributed by atoms with E-state index in [9.17, 15) is 18.0 Å². The van der Waals surface area contributed by atoms with Crippen molar-refractivity contribution in [3.63, 3.8) is 0 Å². The minimum Gasteiger partial charge on any atom is -0.353 e. The molecule has 0 aliphatic heterocycles. The van der Waals surface area contributed by atoms with Gasteiger partial charge in [-0.3, -0.25) is 9.59 Å². The fourth-order valence-electron chi connectivity index (χ4n) is 2.78. The third-order valence-electron chi connectivity index (χ3n) is 4.55. The van der Waals surface area contributed by atoms with E-state index in [1.165, 1.54) is 35.6 Å². The van der Waals surface area contributed by atoms with Crippen LogP contribution in [0.2, 0.25) is 5.02 Å². The summed E-state index contributed by atoms with van der Waals surface area (Å²) in [7, 11) is -2.22. The molecule has 166 valence electrons. The molecule has 7 nitrogen and oxygen atoms in total. The zero-order valence-electron chi connectivity index (χ0n) is 17.3. The number of nitrogens with one attached hydrogen (secondary N) is 2. The van der Waals surface area contributed by atoms with Crippen molar-refractivity contribution in [2.24, 2.45) is 0 Å². The highest BCUT2D eigenvalue weighted by Crippen LogP contribution is 2.16. The molecular formula is C22H26ClN3O4S. The first-order valence-electron chi connectivity index (χ1n) is 9.73. The zero-order valence-corrected chi connectivity index (χ0v) is 18.9. The molecule has 9 heteroatoms. The molecule has 0 atom stereocenters. The van der Waals surface area contributed by atoms with Crippen molar-refractivity contribution in [2.75, 3.05) is 26.7 Å². The molecule has 0 radical (unpaired) electrons. The van der Waals surface area contributed by atoms with Crippen LogP contribution in [0.3, 0.4) is 0 Å². The maximum absolute atomic E-state index is 12.7.